The van der Waals surface area contributed by atoms with Crippen LogP contribution in [-0.2, 0) is 19.1 Å². The highest BCUT2D eigenvalue weighted by Gasteiger charge is 2.17. The maximum atomic E-state index is 12.3. The number of carbonyl (C=O) groups excluding carboxylic acids is 1. The van der Waals surface area contributed by atoms with Gasteiger partial charge >= 0.3 is 5.97 Å². The summed E-state index contributed by atoms with van der Waals surface area (Å²) in [4.78, 5) is 23.1. The number of carbonyl (C=O) groups is 2. The van der Waals surface area contributed by atoms with Gasteiger partial charge in [-0.05, 0) is 19.3 Å². The summed E-state index contributed by atoms with van der Waals surface area (Å²) in [5.74, 6) is -1.28. The van der Waals surface area contributed by atoms with Crippen molar-refractivity contribution >= 4 is 11.9 Å². The van der Waals surface area contributed by atoms with Crippen LogP contribution in [0, 0.1) is 0 Å². The molecule has 0 aliphatic carbocycles. The number of unbranched alkanes of at least 4 members (excludes halogenated alkanes) is 22. The lowest BCUT2D eigenvalue weighted by Gasteiger charge is -2.20. The zero-order chi connectivity index (χ0) is 31.6. The average molecular weight is 613 g/mol. The van der Waals surface area contributed by atoms with E-state index in [1.807, 2.05) is 0 Å². The summed E-state index contributed by atoms with van der Waals surface area (Å²) in [7, 11) is 0. The molecule has 7 heteroatoms. The number of hydrogen-bond acceptors (Lipinski definition) is 5. The number of ether oxygens (including phenoxy) is 2. The van der Waals surface area contributed by atoms with Gasteiger partial charge in [0.15, 0.2) is 0 Å². The van der Waals surface area contributed by atoms with Gasteiger partial charge in [0.1, 0.15) is 0 Å². The first-order valence-corrected chi connectivity index (χ1v) is 18.5. The Morgan fingerprint density at radius 1 is 0.628 bits per heavy atom. The molecule has 0 aromatic heterocycles. The third-order valence-corrected chi connectivity index (χ3v) is 8.31. The Labute approximate surface area is 266 Å². The van der Waals surface area contributed by atoms with Crippen molar-refractivity contribution in [3.8, 4) is 0 Å². The van der Waals surface area contributed by atoms with Gasteiger partial charge in [-0.3, -0.25) is 9.59 Å². The van der Waals surface area contributed by atoms with E-state index in [-0.39, 0.29) is 24.9 Å². The number of amides is 1. The van der Waals surface area contributed by atoms with E-state index < -0.39 is 12.0 Å². The molecule has 7 nitrogen and oxygen atoms in total. The van der Waals surface area contributed by atoms with Crippen LogP contribution < -0.4 is 11.1 Å². The monoisotopic (exact) mass is 613 g/mol. The molecule has 1 amide bonds. The third kappa shape index (κ3) is 32.0. The minimum atomic E-state index is -0.946. The van der Waals surface area contributed by atoms with Crippen LogP contribution in [0.25, 0.3) is 0 Å². The van der Waals surface area contributed by atoms with Crippen LogP contribution in [0.2, 0.25) is 0 Å². The fraction of sp³-hybridized carbons (Fsp3) is 0.944. The van der Waals surface area contributed by atoms with Gasteiger partial charge in [-0.15, -0.1) is 0 Å². The van der Waals surface area contributed by atoms with E-state index in [0.717, 1.165) is 19.3 Å². The minimum absolute atomic E-state index is 0.115. The standard InChI is InChI=1S/C36H72N2O5/c1-3-5-7-9-11-13-15-17-19-21-23-25-29-42-32-33(31-38-36(41)34(37)27-28-35(39)40)43-30-26-24-22-20-18-16-14-12-10-8-6-4-2/h33-34H,3-32,37H2,1-2H3,(H,38,41)(H,39,40)/t33?,34-/m0/s1. The van der Waals surface area contributed by atoms with Crippen molar-refractivity contribution in [2.75, 3.05) is 26.4 Å². The molecular weight excluding hydrogens is 540 g/mol. The van der Waals surface area contributed by atoms with Crippen LogP contribution in [0.1, 0.15) is 181 Å². The van der Waals surface area contributed by atoms with Crippen molar-refractivity contribution < 1.29 is 24.2 Å². The van der Waals surface area contributed by atoms with Crippen LogP contribution in [0.15, 0.2) is 0 Å². The molecule has 256 valence electrons. The topological polar surface area (TPSA) is 111 Å². The first kappa shape index (κ1) is 41.8. The molecule has 1 unspecified atom stereocenters. The second kappa shape index (κ2) is 33.7. The quantitative estimate of drug-likeness (QED) is 0.0616. The summed E-state index contributed by atoms with van der Waals surface area (Å²) in [5, 5.41) is 11.7. The number of aliphatic carboxylic acids is 1. The van der Waals surface area contributed by atoms with Gasteiger partial charge in [0.25, 0.3) is 0 Å². The van der Waals surface area contributed by atoms with Gasteiger partial charge in [0.05, 0.1) is 18.8 Å². The van der Waals surface area contributed by atoms with Crippen LogP contribution in [0.5, 0.6) is 0 Å². The highest BCUT2D eigenvalue weighted by Crippen LogP contribution is 2.13. The van der Waals surface area contributed by atoms with Crippen molar-refractivity contribution in [2.24, 2.45) is 5.73 Å². The summed E-state index contributed by atoms with van der Waals surface area (Å²) >= 11 is 0. The molecule has 0 radical (unpaired) electrons. The van der Waals surface area contributed by atoms with E-state index in [1.165, 1.54) is 135 Å². The number of carboxylic acids is 1. The lowest BCUT2D eigenvalue weighted by molar-refractivity contribution is -0.137. The summed E-state index contributed by atoms with van der Waals surface area (Å²) in [6, 6.07) is -0.824. The smallest absolute Gasteiger partial charge is 0.303 e. The lowest BCUT2D eigenvalue weighted by atomic mass is 10.1. The van der Waals surface area contributed by atoms with E-state index in [0.29, 0.717) is 26.4 Å². The average Bonchev–Trinajstić information content (AvgIpc) is 3.00. The second-order valence-corrected chi connectivity index (χ2v) is 12.6. The molecule has 0 rings (SSSR count). The van der Waals surface area contributed by atoms with Crippen LogP contribution in [0.3, 0.4) is 0 Å². The Hall–Kier alpha value is -1.18. The van der Waals surface area contributed by atoms with Crippen molar-refractivity contribution in [3.05, 3.63) is 0 Å². The number of hydrogen-bond donors (Lipinski definition) is 3. The Kier molecular flexibility index (Phi) is 32.8. The molecule has 0 spiro atoms. The molecule has 4 N–H and O–H groups in total. The molecule has 0 fully saturated rings. The highest BCUT2D eigenvalue weighted by atomic mass is 16.5. The number of nitrogens with two attached hydrogens (primary N) is 1. The van der Waals surface area contributed by atoms with E-state index in [2.05, 4.69) is 19.2 Å². The van der Waals surface area contributed by atoms with E-state index >= 15 is 0 Å². The van der Waals surface area contributed by atoms with Crippen molar-refractivity contribution in [1.82, 2.24) is 5.32 Å². The van der Waals surface area contributed by atoms with Gasteiger partial charge in [-0.2, -0.15) is 0 Å². The Bertz CT molecular complexity index is 604. The van der Waals surface area contributed by atoms with E-state index in [4.69, 9.17) is 20.3 Å². The predicted molar refractivity (Wildman–Crippen MR) is 181 cm³/mol. The van der Waals surface area contributed by atoms with Gasteiger partial charge < -0.3 is 25.6 Å². The molecule has 0 saturated heterocycles. The number of nitrogens with one attached hydrogen (secondary N) is 1. The summed E-state index contributed by atoms with van der Waals surface area (Å²) in [6.45, 7) is 6.68. The maximum absolute atomic E-state index is 12.3. The molecule has 0 aliphatic heterocycles. The second-order valence-electron chi connectivity index (χ2n) is 12.6. The van der Waals surface area contributed by atoms with E-state index in [1.54, 1.807) is 0 Å². The van der Waals surface area contributed by atoms with E-state index in [9.17, 15) is 9.59 Å². The molecule has 0 bridgehead atoms. The first-order chi connectivity index (χ1) is 21.0. The Morgan fingerprint density at radius 3 is 1.44 bits per heavy atom. The molecule has 0 aliphatic rings. The van der Waals surface area contributed by atoms with Crippen LogP contribution >= 0.6 is 0 Å². The Balaban J connectivity index is 4.05. The highest BCUT2D eigenvalue weighted by molar-refractivity contribution is 5.82. The van der Waals surface area contributed by atoms with Gasteiger partial charge in [-0.1, -0.05) is 155 Å². The normalized spacial score (nSPS) is 12.8. The zero-order valence-corrected chi connectivity index (χ0v) is 28.5. The van der Waals surface area contributed by atoms with Crippen LogP contribution in [-0.4, -0.2) is 55.5 Å². The molecule has 0 aromatic rings. The molecule has 0 heterocycles. The fourth-order valence-corrected chi connectivity index (χ4v) is 5.37. The van der Waals surface area contributed by atoms with Gasteiger partial charge in [0.2, 0.25) is 5.91 Å². The summed E-state index contributed by atoms with van der Waals surface area (Å²) < 4.78 is 12.0. The predicted octanol–water partition coefficient (Wildman–Crippen LogP) is 9.10. The number of rotatable bonds is 35. The number of carboxylic acid groups (broad SMARTS) is 1. The van der Waals surface area contributed by atoms with Gasteiger partial charge in [0, 0.05) is 26.2 Å². The first-order valence-electron chi connectivity index (χ1n) is 18.5. The molecule has 43 heavy (non-hydrogen) atoms. The van der Waals surface area contributed by atoms with Gasteiger partial charge in [-0.25, -0.2) is 0 Å². The van der Waals surface area contributed by atoms with Crippen molar-refractivity contribution in [1.29, 1.82) is 0 Å². The fourth-order valence-electron chi connectivity index (χ4n) is 5.37. The summed E-state index contributed by atoms with van der Waals surface area (Å²) in [5.41, 5.74) is 5.86. The molecule has 2 atom stereocenters. The zero-order valence-electron chi connectivity index (χ0n) is 28.5. The molecule has 0 saturated carbocycles. The van der Waals surface area contributed by atoms with Crippen molar-refractivity contribution in [3.63, 3.8) is 0 Å². The molecule has 0 aromatic carbocycles. The minimum Gasteiger partial charge on any atom is -0.481 e. The largest absolute Gasteiger partial charge is 0.481 e. The SMILES string of the molecule is CCCCCCCCCCCCCCOCC(CNC(=O)[C@@H](N)CCC(=O)O)OCCCCCCCCCCCCCC. The summed E-state index contributed by atoms with van der Waals surface area (Å²) in [6.07, 6.45) is 31.2. The van der Waals surface area contributed by atoms with Crippen molar-refractivity contribution in [2.45, 2.75) is 193 Å². The molecular formula is C36H72N2O5. The lowest BCUT2D eigenvalue weighted by Crippen LogP contribution is -2.45. The third-order valence-electron chi connectivity index (χ3n) is 8.31. The maximum Gasteiger partial charge on any atom is 0.303 e. The van der Waals surface area contributed by atoms with Crippen LogP contribution in [0.4, 0.5) is 0 Å². The Morgan fingerprint density at radius 2 is 1.02 bits per heavy atom.